The number of hydrogen-bond acceptors (Lipinski definition) is 3. The van der Waals surface area contributed by atoms with Crippen LogP contribution in [0, 0.1) is 0 Å². The molecule has 0 spiro atoms. The van der Waals surface area contributed by atoms with Crippen LogP contribution in [0.3, 0.4) is 0 Å². The molecule has 0 aliphatic carbocycles. The second kappa shape index (κ2) is 11.2. The van der Waals surface area contributed by atoms with Gasteiger partial charge in [0.1, 0.15) is 42.2 Å². The lowest BCUT2D eigenvalue weighted by molar-refractivity contribution is -0.00100. The average Bonchev–Trinajstić information content (AvgIpc) is 2.57. The van der Waals surface area contributed by atoms with E-state index in [-0.39, 0.29) is 47.2 Å². The molecule has 0 amide bonds. The minimum atomic E-state index is -0.699. The third kappa shape index (κ3) is 8.49. The van der Waals surface area contributed by atoms with Gasteiger partial charge in [0.05, 0.1) is 42.3 Å². The van der Waals surface area contributed by atoms with Crippen molar-refractivity contribution >= 4 is 11.4 Å². The number of rotatable bonds is 8. The number of aliphatic hydroxyl groups is 1. The number of ether oxygens (including phenoxy) is 2. The lowest BCUT2D eigenvalue weighted by Crippen LogP contribution is -3.00. The van der Waals surface area contributed by atoms with E-state index in [1.165, 1.54) is 0 Å². The van der Waals surface area contributed by atoms with Crippen LogP contribution in [0.2, 0.25) is 0 Å². The summed E-state index contributed by atoms with van der Waals surface area (Å²) in [5, 5.41) is 10.2. The maximum Gasteiger partial charge on any atom is 0.135 e. The van der Waals surface area contributed by atoms with Crippen molar-refractivity contribution in [3.63, 3.8) is 0 Å². The van der Waals surface area contributed by atoms with Gasteiger partial charge in [0, 0.05) is 12.1 Å². The molecule has 5 nitrogen and oxygen atoms in total. The van der Waals surface area contributed by atoms with E-state index in [2.05, 4.69) is 54.4 Å². The van der Waals surface area contributed by atoms with Gasteiger partial charge in [0.15, 0.2) is 0 Å². The van der Waals surface area contributed by atoms with Gasteiger partial charge in [0.25, 0.3) is 0 Å². The molecule has 0 bridgehead atoms. The molecule has 2 aromatic carbocycles. The second-order valence-electron chi connectivity index (χ2n) is 8.30. The highest BCUT2D eigenvalue weighted by molar-refractivity contribution is 5.47. The molecule has 2 aromatic rings. The van der Waals surface area contributed by atoms with Crippen LogP contribution < -0.4 is 52.4 Å². The summed E-state index contributed by atoms with van der Waals surface area (Å²) in [5.41, 5.74) is 2.29. The summed E-state index contributed by atoms with van der Waals surface area (Å²) >= 11 is 0. The standard InChI is InChI=1S/C21H32N2O3.2BrH/c1-22(2,3)17-9-7-11-20(13-17)25-15-19(24)16-26-21-12-8-10-18(14-21)23(4,5)6;;/h7-14,19,24H,15-16H2,1-6H3;2*1H/q+2;;/p-2. The lowest BCUT2D eigenvalue weighted by Gasteiger charge is -2.24. The first-order valence-corrected chi connectivity index (χ1v) is 8.83. The molecule has 0 saturated heterocycles. The Morgan fingerprint density at radius 1 is 0.714 bits per heavy atom. The Labute approximate surface area is 190 Å². The Bertz CT molecular complexity index is 667. The molecular weight excluding hydrogens is 488 g/mol. The smallest absolute Gasteiger partial charge is 0.135 e. The van der Waals surface area contributed by atoms with Crippen LogP contribution in [0.4, 0.5) is 11.4 Å². The molecular formula is C21H32Br2N2O3. The van der Waals surface area contributed by atoms with Gasteiger partial charge in [-0.2, -0.15) is 0 Å². The van der Waals surface area contributed by atoms with Gasteiger partial charge < -0.3 is 48.5 Å². The Kier molecular flexibility index (Phi) is 10.7. The Balaban J connectivity index is 0.00000364. The summed E-state index contributed by atoms with van der Waals surface area (Å²) in [6.07, 6.45) is -0.699. The molecule has 0 aromatic heterocycles. The van der Waals surface area contributed by atoms with Crippen molar-refractivity contribution in [2.24, 2.45) is 0 Å². The van der Waals surface area contributed by atoms with E-state index in [0.717, 1.165) is 22.9 Å². The van der Waals surface area contributed by atoms with E-state index >= 15 is 0 Å². The van der Waals surface area contributed by atoms with Gasteiger partial charge in [-0.05, 0) is 24.3 Å². The fourth-order valence-electron chi connectivity index (χ4n) is 2.41. The predicted octanol–water partition coefficient (Wildman–Crippen LogP) is -3.09. The molecule has 1 N–H and O–H groups in total. The maximum absolute atomic E-state index is 10.2. The van der Waals surface area contributed by atoms with Crippen LogP contribution in [0.15, 0.2) is 48.5 Å². The van der Waals surface area contributed by atoms with Gasteiger partial charge in [-0.1, -0.05) is 12.1 Å². The lowest BCUT2D eigenvalue weighted by atomic mass is 10.2. The zero-order valence-corrected chi connectivity index (χ0v) is 20.7. The number of hydrogen-bond donors (Lipinski definition) is 1. The fraction of sp³-hybridized carbons (Fsp3) is 0.429. The molecule has 7 heteroatoms. The topological polar surface area (TPSA) is 38.7 Å². The van der Waals surface area contributed by atoms with Crippen LogP contribution in [0.1, 0.15) is 0 Å². The van der Waals surface area contributed by atoms with Gasteiger partial charge in [-0.15, -0.1) is 0 Å². The van der Waals surface area contributed by atoms with Gasteiger partial charge in [-0.25, -0.2) is 0 Å². The first-order valence-electron chi connectivity index (χ1n) is 8.83. The van der Waals surface area contributed by atoms with Crippen molar-refractivity contribution in [1.82, 2.24) is 8.97 Å². The van der Waals surface area contributed by atoms with Crippen LogP contribution >= 0.6 is 0 Å². The molecule has 0 aliphatic rings. The first kappa shape index (κ1) is 26.9. The molecule has 0 aliphatic heterocycles. The highest BCUT2D eigenvalue weighted by atomic mass is 79.9. The predicted molar refractivity (Wildman–Crippen MR) is 109 cm³/mol. The monoisotopic (exact) mass is 518 g/mol. The van der Waals surface area contributed by atoms with Gasteiger partial charge in [-0.3, -0.25) is 8.97 Å². The van der Waals surface area contributed by atoms with Crippen molar-refractivity contribution in [3.8, 4) is 11.5 Å². The normalized spacial score (nSPS) is 11.4. The third-order valence-electron chi connectivity index (χ3n) is 4.07. The Morgan fingerprint density at radius 2 is 1.07 bits per heavy atom. The number of halogens is 2. The molecule has 158 valence electrons. The second-order valence-corrected chi connectivity index (χ2v) is 8.30. The fourth-order valence-corrected chi connectivity index (χ4v) is 2.41. The van der Waals surface area contributed by atoms with Crippen molar-refractivity contribution in [2.75, 3.05) is 55.5 Å². The molecule has 0 heterocycles. The summed E-state index contributed by atoms with van der Waals surface area (Å²) in [5.74, 6) is 1.50. The van der Waals surface area contributed by atoms with E-state index in [0.29, 0.717) is 8.97 Å². The summed E-state index contributed by atoms with van der Waals surface area (Å²) in [6.45, 7) is 0.380. The van der Waals surface area contributed by atoms with Crippen LogP contribution in [-0.4, -0.2) is 66.7 Å². The zero-order chi connectivity index (χ0) is 19.4. The Morgan fingerprint density at radius 3 is 1.39 bits per heavy atom. The molecule has 0 atom stereocenters. The Hall–Kier alpha value is -1.12. The van der Waals surface area contributed by atoms with Gasteiger partial charge >= 0.3 is 0 Å². The molecule has 0 fully saturated rings. The summed E-state index contributed by atoms with van der Waals surface area (Å²) < 4.78 is 12.9. The van der Waals surface area contributed by atoms with Crippen LogP contribution in [0.5, 0.6) is 11.5 Å². The van der Waals surface area contributed by atoms with E-state index in [9.17, 15) is 5.11 Å². The van der Waals surface area contributed by atoms with Crippen molar-refractivity contribution in [1.29, 1.82) is 0 Å². The number of benzene rings is 2. The minimum Gasteiger partial charge on any atom is -1.00 e. The SMILES string of the molecule is C[N+](C)(C)c1cccc(OCC(O)COc2cccc([N+](C)(C)C)c2)c1.[Br-].[Br-]. The van der Waals surface area contributed by atoms with E-state index in [4.69, 9.17) is 9.47 Å². The van der Waals surface area contributed by atoms with E-state index < -0.39 is 6.10 Å². The quantitative estimate of drug-likeness (QED) is 0.376. The minimum absolute atomic E-state index is 0. The van der Waals surface area contributed by atoms with Crippen molar-refractivity contribution < 1.29 is 48.5 Å². The number of aliphatic hydroxyl groups excluding tert-OH is 1. The number of quaternary nitrogens is 2. The molecule has 28 heavy (non-hydrogen) atoms. The van der Waals surface area contributed by atoms with Crippen molar-refractivity contribution in [2.45, 2.75) is 6.10 Å². The van der Waals surface area contributed by atoms with Crippen molar-refractivity contribution in [3.05, 3.63) is 48.5 Å². The zero-order valence-electron chi connectivity index (χ0n) is 17.5. The van der Waals surface area contributed by atoms with E-state index in [1.807, 2.05) is 36.4 Å². The molecule has 0 radical (unpaired) electrons. The van der Waals surface area contributed by atoms with Crippen LogP contribution in [-0.2, 0) is 0 Å². The molecule has 0 saturated carbocycles. The largest absolute Gasteiger partial charge is 1.00 e. The highest BCUT2D eigenvalue weighted by Gasteiger charge is 2.15. The molecule has 0 unspecified atom stereocenters. The maximum atomic E-state index is 10.2. The first-order chi connectivity index (χ1) is 12.1. The average molecular weight is 520 g/mol. The van der Waals surface area contributed by atoms with Crippen LogP contribution in [0.25, 0.3) is 0 Å². The number of nitrogens with zero attached hydrogens (tertiary/aromatic N) is 2. The summed E-state index contributed by atoms with van der Waals surface area (Å²) in [6, 6.07) is 15.9. The summed E-state index contributed by atoms with van der Waals surface area (Å²) in [4.78, 5) is 0. The molecule has 2 rings (SSSR count). The highest BCUT2D eigenvalue weighted by Crippen LogP contribution is 2.24. The third-order valence-corrected chi connectivity index (χ3v) is 4.07. The van der Waals surface area contributed by atoms with Gasteiger partial charge in [0.2, 0.25) is 0 Å². The summed E-state index contributed by atoms with van der Waals surface area (Å²) in [7, 11) is 12.6. The van der Waals surface area contributed by atoms with E-state index in [1.54, 1.807) is 0 Å².